The molecule has 0 radical (unpaired) electrons. The number of nitrogens with zero attached hydrogens (tertiary/aromatic N) is 2. The van der Waals surface area contributed by atoms with E-state index in [2.05, 4.69) is 10.5 Å². The number of rotatable bonds is 16. The van der Waals surface area contributed by atoms with Crippen LogP contribution in [-0.4, -0.2) is 76.0 Å². The standard InChI is InChI=1S/C40H58ClN3O7/c1-6-11-28(36(48)33(46)18-26-14-15-26)21-32(45)31-23-40(22-30(43-51-40)27-16-17-34(50-7-2)29(41)20-27)24-44(31)38(49)37(39(3,4)5)42-35(47)19-25-12-9-8-10-13-25/h16-17,20,25-26,28,31,36-37,48H,6-15,18-19,21-24H2,1-5H3,(H,42,47)/t28-,31+,36?,37-,40-/m1/s1. The Morgan fingerprint density at radius 2 is 1.78 bits per heavy atom. The number of oxime groups is 1. The molecule has 2 aliphatic carbocycles. The number of ether oxygens (including phenoxy) is 1. The number of ketones is 2. The quantitative estimate of drug-likeness (QED) is 0.191. The molecule has 2 aliphatic heterocycles. The molecule has 0 bridgehead atoms. The summed E-state index contributed by atoms with van der Waals surface area (Å²) in [6.45, 7) is 10.2. The fraction of sp³-hybridized carbons (Fsp3) is 0.725. The minimum Gasteiger partial charge on any atom is -0.492 e. The van der Waals surface area contributed by atoms with Crippen molar-refractivity contribution < 1.29 is 33.9 Å². The molecule has 4 aliphatic rings. The molecule has 0 aromatic heterocycles. The first-order valence-corrected chi connectivity index (χ1v) is 19.6. The Kier molecular flexibility index (Phi) is 12.9. The number of halogens is 1. The minimum absolute atomic E-state index is 0.0353. The molecule has 1 unspecified atom stereocenters. The number of amides is 2. The Balaban J connectivity index is 1.38. The first kappa shape index (κ1) is 39.2. The SMILES string of the molecule is CCC[C@H](CC(=O)[C@@H]1C[C@]2(CC(c3ccc(OCC)c(Cl)c3)=NO2)CN1C(=O)[C@@H](NC(=O)CC1CCCCC1)C(C)(C)C)C(O)C(=O)CC1CC1. The summed E-state index contributed by atoms with van der Waals surface area (Å²) in [5, 5.41) is 19.1. The van der Waals surface area contributed by atoms with E-state index >= 15 is 0 Å². The monoisotopic (exact) mass is 727 g/mol. The second kappa shape index (κ2) is 16.8. The highest BCUT2D eigenvalue weighted by Crippen LogP contribution is 2.42. The van der Waals surface area contributed by atoms with E-state index in [4.69, 9.17) is 21.2 Å². The van der Waals surface area contributed by atoms with Crippen LogP contribution in [0.4, 0.5) is 0 Å². The van der Waals surface area contributed by atoms with Crippen molar-refractivity contribution in [2.75, 3.05) is 13.2 Å². The summed E-state index contributed by atoms with van der Waals surface area (Å²) in [5.74, 6) is -0.262. The average molecular weight is 728 g/mol. The van der Waals surface area contributed by atoms with Gasteiger partial charge in [-0.2, -0.15) is 0 Å². The summed E-state index contributed by atoms with van der Waals surface area (Å²) in [4.78, 5) is 63.2. The van der Waals surface area contributed by atoms with E-state index in [1.54, 1.807) is 17.0 Å². The highest BCUT2D eigenvalue weighted by atomic mass is 35.5. The summed E-state index contributed by atoms with van der Waals surface area (Å²) in [6.07, 6.45) is 8.66. The summed E-state index contributed by atoms with van der Waals surface area (Å²) in [7, 11) is 0. The van der Waals surface area contributed by atoms with Crippen molar-refractivity contribution in [2.45, 2.75) is 148 Å². The molecular weight excluding hydrogens is 670 g/mol. The molecule has 51 heavy (non-hydrogen) atoms. The van der Waals surface area contributed by atoms with Gasteiger partial charge in [-0.3, -0.25) is 19.2 Å². The van der Waals surface area contributed by atoms with Crippen molar-refractivity contribution in [3.05, 3.63) is 28.8 Å². The molecule has 282 valence electrons. The van der Waals surface area contributed by atoms with E-state index < -0.39 is 35.1 Å². The first-order valence-electron chi connectivity index (χ1n) is 19.2. The van der Waals surface area contributed by atoms with Crippen LogP contribution in [0, 0.1) is 23.2 Å². The molecule has 1 aromatic carbocycles. The van der Waals surface area contributed by atoms with Crippen molar-refractivity contribution in [3.8, 4) is 5.75 Å². The largest absolute Gasteiger partial charge is 0.492 e. The molecule has 1 aromatic rings. The maximum absolute atomic E-state index is 14.7. The van der Waals surface area contributed by atoms with Crippen molar-refractivity contribution in [2.24, 2.45) is 28.3 Å². The topological polar surface area (TPSA) is 135 Å². The van der Waals surface area contributed by atoms with Gasteiger partial charge < -0.3 is 24.9 Å². The third kappa shape index (κ3) is 9.92. The Hall–Kier alpha value is -2.98. The van der Waals surface area contributed by atoms with E-state index in [1.165, 1.54) is 6.42 Å². The number of aliphatic hydroxyl groups excluding tert-OH is 1. The average Bonchev–Trinajstić information content (AvgIpc) is 3.68. The summed E-state index contributed by atoms with van der Waals surface area (Å²) in [6, 6.07) is 3.69. The van der Waals surface area contributed by atoms with Crippen molar-refractivity contribution in [1.29, 1.82) is 0 Å². The smallest absolute Gasteiger partial charge is 0.246 e. The molecule has 1 spiro atoms. The number of hydrogen-bond donors (Lipinski definition) is 2. The zero-order valence-corrected chi connectivity index (χ0v) is 31.9. The van der Waals surface area contributed by atoms with Crippen LogP contribution in [0.15, 0.2) is 23.4 Å². The van der Waals surface area contributed by atoms with Gasteiger partial charge in [0, 0.05) is 37.7 Å². The molecular formula is C40H58ClN3O7. The number of carbonyl (C=O) groups excluding carboxylic acids is 4. The van der Waals surface area contributed by atoms with Gasteiger partial charge >= 0.3 is 0 Å². The Bertz CT molecular complexity index is 1460. The molecule has 5 rings (SSSR count). The fourth-order valence-corrected chi connectivity index (χ4v) is 8.34. The first-order chi connectivity index (χ1) is 24.2. The van der Waals surface area contributed by atoms with Gasteiger partial charge in [0.05, 0.1) is 29.9 Å². The molecule has 11 heteroatoms. The van der Waals surface area contributed by atoms with E-state index in [1.807, 2.05) is 40.7 Å². The van der Waals surface area contributed by atoms with Crippen LogP contribution < -0.4 is 10.1 Å². The van der Waals surface area contributed by atoms with Crippen LogP contribution >= 0.6 is 11.6 Å². The molecule has 2 heterocycles. The maximum atomic E-state index is 14.7. The number of likely N-dealkylation sites (tertiary alicyclic amines) is 1. The molecule has 1 saturated heterocycles. The van der Waals surface area contributed by atoms with E-state index in [0.717, 1.165) is 44.1 Å². The fourth-order valence-electron chi connectivity index (χ4n) is 8.11. The van der Waals surface area contributed by atoms with E-state index in [9.17, 15) is 24.3 Å². The lowest BCUT2D eigenvalue weighted by atomic mass is 9.83. The van der Waals surface area contributed by atoms with Gasteiger partial charge in [0.25, 0.3) is 0 Å². The lowest BCUT2D eigenvalue weighted by Crippen LogP contribution is -2.57. The molecule has 5 atom stereocenters. The number of nitrogens with one attached hydrogen (secondary N) is 1. The van der Waals surface area contributed by atoms with Crippen molar-refractivity contribution in [3.63, 3.8) is 0 Å². The zero-order valence-electron chi connectivity index (χ0n) is 31.2. The molecule has 2 amide bonds. The van der Waals surface area contributed by atoms with Crippen LogP contribution in [0.3, 0.4) is 0 Å². The van der Waals surface area contributed by atoms with Gasteiger partial charge in [-0.25, -0.2) is 0 Å². The maximum Gasteiger partial charge on any atom is 0.246 e. The van der Waals surface area contributed by atoms with Crippen molar-refractivity contribution >= 4 is 40.7 Å². The number of aliphatic hydroxyl groups is 1. The molecule has 2 saturated carbocycles. The highest BCUT2D eigenvalue weighted by molar-refractivity contribution is 6.32. The van der Waals surface area contributed by atoms with E-state index in [-0.39, 0.29) is 42.8 Å². The zero-order chi connectivity index (χ0) is 36.9. The van der Waals surface area contributed by atoms with Gasteiger partial charge in [0.15, 0.2) is 17.2 Å². The van der Waals surface area contributed by atoms with Crippen molar-refractivity contribution in [1.82, 2.24) is 10.2 Å². The Morgan fingerprint density at radius 1 is 1.08 bits per heavy atom. The third-order valence-electron chi connectivity index (χ3n) is 11.2. The molecule has 3 fully saturated rings. The summed E-state index contributed by atoms with van der Waals surface area (Å²) in [5.41, 5.74) is -0.198. The second-order valence-electron chi connectivity index (χ2n) is 16.6. The third-order valence-corrected chi connectivity index (χ3v) is 11.5. The van der Waals surface area contributed by atoms with Crippen LogP contribution in [0.5, 0.6) is 5.75 Å². The Labute approximate surface area is 308 Å². The van der Waals surface area contributed by atoms with Gasteiger partial charge in [0.1, 0.15) is 17.9 Å². The normalized spacial score (nSPS) is 24.1. The van der Waals surface area contributed by atoms with Gasteiger partial charge in [0.2, 0.25) is 11.8 Å². The molecule has 10 nitrogen and oxygen atoms in total. The van der Waals surface area contributed by atoms with E-state index in [0.29, 0.717) is 67.0 Å². The van der Waals surface area contributed by atoms with Gasteiger partial charge in [-0.1, -0.05) is 70.1 Å². The number of benzene rings is 1. The van der Waals surface area contributed by atoms with Gasteiger partial charge in [-0.15, -0.1) is 0 Å². The minimum atomic E-state index is -1.22. The second-order valence-corrected chi connectivity index (χ2v) is 17.0. The lowest BCUT2D eigenvalue weighted by molar-refractivity contribution is -0.144. The van der Waals surface area contributed by atoms with Crippen LogP contribution in [0.25, 0.3) is 0 Å². The number of carbonyl (C=O) groups is 4. The Morgan fingerprint density at radius 3 is 2.41 bits per heavy atom. The van der Waals surface area contributed by atoms with Crippen LogP contribution in [-0.2, 0) is 24.0 Å². The van der Waals surface area contributed by atoms with Crippen LogP contribution in [0.1, 0.15) is 130 Å². The predicted molar refractivity (Wildman–Crippen MR) is 197 cm³/mol. The molecule has 2 N–H and O–H groups in total. The van der Waals surface area contributed by atoms with Gasteiger partial charge in [-0.05, 0) is 80.4 Å². The predicted octanol–water partition coefficient (Wildman–Crippen LogP) is 6.81. The number of Topliss-reactive ketones (excluding diaryl/α,β-unsaturated/α-hetero) is 2. The summed E-state index contributed by atoms with van der Waals surface area (Å²) >= 11 is 6.50. The number of hydrogen-bond acceptors (Lipinski definition) is 8. The summed E-state index contributed by atoms with van der Waals surface area (Å²) < 4.78 is 5.60. The lowest BCUT2D eigenvalue weighted by Gasteiger charge is -2.36. The van der Waals surface area contributed by atoms with Crippen LogP contribution in [0.2, 0.25) is 5.02 Å². The highest BCUT2D eigenvalue weighted by Gasteiger charge is 2.55.